The number of aromatic nitrogens is 5. The third-order valence-corrected chi connectivity index (χ3v) is 5.28. The van der Waals surface area contributed by atoms with E-state index in [2.05, 4.69) is 30.4 Å². The van der Waals surface area contributed by atoms with E-state index in [0.29, 0.717) is 23.0 Å². The second-order valence-corrected chi connectivity index (χ2v) is 7.62. The number of aryl methyl sites for hydroxylation is 1. The van der Waals surface area contributed by atoms with Gasteiger partial charge in [0.25, 0.3) is 0 Å². The number of rotatable bonds is 5. The Morgan fingerprint density at radius 2 is 2.00 bits per heavy atom. The molecule has 4 rings (SSSR count). The molecule has 1 aliphatic rings. The van der Waals surface area contributed by atoms with E-state index < -0.39 is 47.8 Å². The van der Waals surface area contributed by atoms with Gasteiger partial charge in [0.1, 0.15) is 0 Å². The smallest absolute Gasteiger partial charge is 0.338 e. The van der Waals surface area contributed by atoms with Crippen LogP contribution in [-0.2, 0) is 18.0 Å². The number of tetrazole rings is 1. The van der Waals surface area contributed by atoms with Crippen LogP contribution in [0.2, 0.25) is 0 Å². The van der Waals surface area contributed by atoms with Crippen LogP contribution in [0, 0.1) is 5.92 Å². The van der Waals surface area contributed by atoms with Gasteiger partial charge in [0.2, 0.25) is 23.5 Å². The number of benzene rings is 1. The van der Waals surface area contributed by atoms with Crippen molar-refractivity contribution >= 4 is 11.8 Å². The van der Waals surface area contributed by atoms with E-state index in [0.717, 1.165) is 0 Å². The van der Waals surface area contributed by atoms with Gasteiger partial charge in [-0.3, -0.25) is 10.1 Å². The molecule has 2 aromatic heterocycles. The minimum absolute atomic E-state index is 0.0861. The molecule has 0 saturated heterocycles. The van der Waals surface area contributed by atoms with Crippen LogP contribution in [0.25, 0.3) is 11.4 Å². The van der Waals surface area contributed by atoms with E-state index >= 15 is 0 Å². The molecule has 1 saturated carbocycles. The molecule has 1 aromatic carbocycles. The van der Waals surface area contributed by atoms with Crippen LogP contribution in [0.3, 0.4) is 0 Å². The molecule has 2 unspecified atom stereocenters. The van der Waals surface area contributed by atoms with Crippen molar-refractivity contribution < 1.29 is 31.3 Å². The highest BCUT2D eigenvalue weighted by atomic mass is 19.4. The van der Waals surface area contributed by atoms with Crippen molar-refractivity contribution in [3.63, 3.8) is 0 Å². The molecule has 0 bridgehead atoms. The number of amides is 1. The summed E-state index contributed by atoms with van der Waals surface area (Å²) in [5, 5.41) is 16.8. The molecule has 8 nitrogen and oxygen atoms in total. The first kappa shape index (κ1) is 21.8. The predicted molar refractivity (Wildman–Crippen MR) is 99.4 cm³/mol. The summed E-state index contributed by atoms with van der Waals surface area (Å²) in [7, 11) is 1.60. The fourth-order valence-corrected chi connectivity index (χ4v) is 3.81. The molecule has 1 fully saturated rings. The largest absolute Gasteiger partial charge is 0.436 e. The van der Waals surface area contributed by atoms with E-state index in [1.54, 1.807) is 31.3 Å². The second-order valence-electron chi connectivity index (χ2n) is 7.62. The van der Waals surface area contributed by atoms with Crippen molar-refractivity contribution in [1.29, 1.82) is 0 Å². The average Bonchev–Trinajstić information content (AvgIpc) is 3.43. The summed E-state index contributed by atoms with van der Waals surface area (Å²) in [6.07, 6.45) is -5.54. The molecule has 0 aliphatic heterocycles. The summed E-state index contributed by atoms with van der Waals surface area (Å²) in [6, 6.07) is 6.94. The maximum atomic E-state index is 13.9. The van der Waals surface area contributed by atoms with Crippen molar-refractivity contribution in [2.24, 2.45) is 13.0 Å². The van der Waals surface area contributed by atoms with E-state index in [9.17, 15) is 26.7 Å². The predicted octanol–water partition coefficient (Wildman–Crippen LogP) is 4.04. The molecule has 0 radical (unpaired) electrons. The highest BCUT2D eigenvalue weighted by Gasteiger charge is 2.45. The molecule has 2 heterocycles. The van der Waals surface area contributed by atoms with Crippen molar-refractivity contribution in [3.05, 3.63) is 41.6 Å². The van der Waals surface area contributed by atoms with Gasteiger partial charge in [-0.05, 0) is 23.1 Å². The topological polar surface area (TPSA) is 98.7 Å². The van der Waals surface area contributed by atoms with E-state index in [1.807, 2.05) is 0 Å². The van der Waals surface area contributed by atoms with Crippen molar-refractivity contribution in [1.82, 2.24) is 25.4 Å². The van der Waals surface area contributed by atoms with Crippen LogP contribution in [0.1, 0.15) is 36.4 Å². The first-order chi connectivity index (χ1) is 15.0. The van der Waals surface area contributed by atoms with Gasteiger partial charge in [-0.15, -0.1) is 10.2 Å². The van der Waals surface area contributed by atoms with Crippen molar-refractivity contribution in [2.75, 3.05) is 5.32 Å². The number of nitrogens with one attached hydrogen (secondary N) is 1. The Labute approximate surface area is 177 Å². The number of hydrogen-bond donors (Lipinski definition) is 1. The summed E-state index contributed by atoms with van der Waals surface area (Å²) >= 11 is 0. The highest BCUT2D eigenvalue weighted by molar-refractivity contribution is 5.95. The van der Waals surface area contributed by atoms with Gasteiger partial charge in [-0.1, -0.05) is 29.4 Å². The van der Waals surface area contributed by atoms with Gasteiger partial charge in [0.05, 0.1) is 13.0 Å². The number of hydrogen-bond acceptors (Lipinski definition) is 6. The Morgan fingerprint density at radius 3 is 2.53 bits per heavy atom. The van der Waals surface area contributed by atoms with Gasteiger partial charge in [-0.2, -0.15) is 18.0 Å². The number of carbonyl (C=O) groups excluding carboxylic acids is 1. The summed E-state index contributed by atoms with van der Waals surface area (Å²) in [4.78, 5) is 14.2. The van der Waals surface area contributed by atoms with Gasteiger partial charge in [0, 0.05) is 24.5 Å². The Morgan fingerprint density at radius 1 is 1.28 bits per heavy atom. The second kappa shape index (κ2) is 7.95. The molecule has 170 valence electrons. The SMILES string of the molecule is Cn1nnc(-c2ccc(C(C(=O)Nc3cc(C(F)(F)F)no3)C3CCC(F)(F)C3)cc2)n1. The Kier molecular flexibility index (Phi) is 5.42. The molecule has 32 heavy (non-hydrogen) atoms. The van der Waals surface area contributed by atoms with Crippen molar-refractivity contribution in [3.8, 4) is 11.4 Å². The number of anilines is 1. The molecule has 1 aliphatic carbocycles. The average molecular weight is 456 g/mol. The summed E-state index contributed by atoms with van der Waals surface area (Å²) in [6.45, 7) is 0. The van der Waals surface area contributed by atoms with Crippen LogP contribution >= 0.6 is 0 Å². The van der Waals surface area contributed by atoms with Gasteiger partial charge >= 0.3 is 6.18 Å². The lowest BCUT2D eigenvalue weighted by Crippen LogP contribution is -2.27. The van der Waals surface area contributed by atoms with Crippen LogP contribution in [0.15, 0.2) is 34.9 Å². The van der Waals surface area contributed by atoms with Crippen molar-refractivity contribution in [2.45, 2.75) is 37.3 Å². The third kappa shape index (κ3) is 4.60. The number of halogens is 5. The monoisotopic (exact) mass is 456 g/mol. The van der Waals surface area contributed by atoms with Gasteiger partial charge in [0.15, 0.2) is 5.69 Å². The lowest BCUT2D eigenvalue weighted by molar-refractivity contribution is -0.142. The zero-order valence-electron chi connectivity index (χ0n) is 16.6. The Hall–Kier alpha value is -3.38. The van der Waals surface area contributed by atoms with Crippen LogP contribution in [-0.4, -0.2) is 37.2 Å². The normalized spacial score (nSPS) is 19.1. The first-order valence-electron chi connectivity index (χ1n) is 9.59. The Bertz CT molecular complexity index is 1110. The molecular formula is C19H17F5N6O2. The first-order valence-corrected chi connectivity index (χ1v) is 9.59. The van der Waals surface area contributed by atoms with E-state index in [1.165, 1.54) is 4.80 Å². The Balaban J connectivity index is 1.60. The third-order valence-electron chi connectivity index (χ3n) is 5.28. The number of alkyl halides is 5. The lowest BCUT2D eigenvalue weighted by Gasteiger charge is -2.23. The minimum atomic E-state index is -4.75. The zero-order valence-corrected chi connectivity index (χ0v) is 16.6. The quantitative estimate of drug-likeness (QED) is 0.582. The molecular weight excluding hydrogens is 439 g/mol. The molecule has 0 spiro atoms. The molecule has 3 aromatic rings. The van der Waals surface area contributed by atoms with Crippen LogP contribution < -0.4 is 5.32 Å². The summed E-state index contributed by atoms with van der Waals surface area (Å²) in [5.74, 6) is -5.60. The fourth-order valence-electron chi connectivity index (χ4n) is 3.81. The van der Waals surface area contributed by atoms with Crippen LogP contribution in [0.4, 0.5) is 27.8 Å². The molecule has 2 atom stereocenters. The standard InChI is InChI=1S/C19H17F5N6O2/c1-30-27-16(26-29-30)11-4-2-10(3-5-11)15(12-6-7-18(20,21)9-12)17(31)25-14-8-13(28-32-14)19(22,23)24/h2-5,8,12,15H,6-7,9H2,1H3,(H,25,31). The van der Waals surface area contributed by atoms with Gasteiger partial charge in [-0.25, -0.2) is 8.78 Å². The van der Waals surface area contributed by atoms with E-state index in [4.69, 9.17) is 0 Å². The summed E-state index contributed by atoms with van der Waals surface area (Å²) < 4.78 is 70.5. The summed E-state index contributed by atoms with van der Waals surface area (Å²) in [5.41, 5.74) is -0.284. The number of carbonyl (C=O) groups is 1. The fraction of sp³-hybridized carbons (Fsp3) is 0.421. The molecule has 13 heteroatoms. The lowest BCUT2D eigenvalue weighted by atomic mass is 9.83. The van der Waals surface area contributed by atoms with Gasteiger partial charge < -0.3 is 4.52 Å². The molecule has 1 amide bonds. The highest BCUT2D eigenvalue weighted by Crippen LogP contribution is 2.46. The number of nitrogens with zero attached hydrogens (tertiary/aromatic N) is 5. The maximum absolute atomic E-state index is 13.9. The van der Waals surface area contributed by atoms with E-state index in [-0.39, 0.29) is 12.8 Å². The maximum Gasteiger partial charge on any atom is 0.436 e. The molecule has 1 N–H and O–H groups in total. The zero-order chi connectivity index (χ0) is 23.1. The minimum Gasteiger partial charge on any atom is -0.338 e. The van der Waals surface area contributed by atoms with Crippen LogP contribution in [0.5, 0.6) is 0 Å².